The van der Waals surface area contributed by atoms with Gasteiger partial charge in [0, 0.05) is 36.2 Å². The molecule has 3 atom stereocenters. The highest BCUT2D eigenvalue weighted by Crippen LogP contribution is 2.32. The zero-order valence-electron chi connectivity index (χ0n) is 24.9. The Balaban J connectivity index is 1.56. The summed E-state index contributed by atoms with van der Waals surface area (Å²) >= 11 is 1.87. The van der Waals surface area contributed by atoms with Gasteiger partial charge in [0.1, 0.15) is 15.9 Å². The van der Waals surface area contributed by atoms with Gasteiger partial charge in [-0.1, -0.05) is 60.7 Å². The molecular formula is C33H40N2O6S2. The van der Waals surface area contributed by atoms with Crippen molar-refractivity contribution in [2.75, 3.05) is 31.4 Å². The van der Waals surface area contributed by atoms with Crippen molar-refractivity contribution >= 4 is 33.5 Å². The highest BCUT2D eigenvalue weighted by atomic mass is 32.2. The lowest BCUT2D eigenvalue weighted by atomic mass is 9.93. The van der Waals surface area contributed by atoms with Crippen LogP contribution in [0.3, 0.4) is 0 Å². The topological polar surface area (TPSA) is 113 Å². The average Bonchev–Trinajstić information content (AvgIpc) is 3.36. The minimum absolute atomic E-state index is 0.211. The lowest BCUT2D eigenvalue weighted by Gasteiger charge is -2.25. The van der Waals surface area contributed by atoms with Crippen molar-refractivity contribution in [1.29, 1.82) is 0 Å². The summed E-state index contributed by atoms with van der Waals surface area (Å²) < 4.78 is 29.4. The highest BCUT2D eigenvalue weighted by molar-refractivity contribution is 7.99. The Labute approximate surface area is 258 Å². The van der Waals surface area contributed by atoms with Crippen LogP contribution in [0.15, 0.2) is 72.8 Å². The van der Waals surface area contributed by atoms with Crippen LogP contribution in [0.5, 0.6) is 0 Å². The summed E-state index contributed by atoms with van der Waals surface area (Å²) in [6.45, 7) is 4.78. The van der Waals surface area contributed by atoms with Gasteiger partial charge in [-0.05, 0) is 66.0 Å². The molecule has 2 N–H and O–H groups in total. The van der Waals surface area contributed by atoms with Crippen molar-refractivity contribution < 1.29 is 27.9 Å². The number of benzene rings is 3. The summed E-state index contributed by atoms with van der Waals surface area (Å²) in [7, 11) is -3.39. The number of carboxylic acid groups (broad SMARTS) is 1. The largest absolute Gasteiger partial charge is 0.480 e. The fraction of sp³-hybridized carbons (Fsp3) is 0.394. The molecule has 0 saturated carbocycles. The Morgan fingerprint density at radius 1 is 1.05 bits per heavy atom. The molecule has 230 valence electrons. The van der Waals surface area contributed by atoms with E-state index in [-0.39, 0.29) is 18.2 Å². The molecule has 1 aliphatic heterocycles. The molecule has 43 heavy (non-hydrogen) atoms. The maximum absolute atomic E-state index is 13.5. The third-order valence-electron chi connectivity index (χ3n) is 7.77. The zero-order chi connectivity index (χ0) is 31.0. The van der Waals surface area contributed by atoms with Crippen molar-refractivity contribution in [2.24, 2.45) is 0 Å². The Morgan fingerprint density at radius 3 is 2.44 bits per heavy atom. The van der Waals surface area contributed by atoms with E-state index in [0.29, 0.717) is 36.1 Å². The third-order valence-corrected chi connectivity index (χ3v) is 9.76. The number of ether oxygens (including phenoxy) is 1. The number of nitrogens with one attached hydrogen (secondary N) is 1. The van der Waals surface area contributed by atoms with Gasteiger partial charge < -0.3 is 15.2 Å². The predicted octanol–water partition coefficient (Wildman–Crippen LogP) is 4.80. The van der Waals surface area contributed by atoms with Gasteiger partial charge in [-0.25, -0.2) is 13.2 Å². The number of carbonyl (C=O) groups excluding carboxylic acids is 1. The molecule has 1 amide bonds. The number of thioether (sulfide) groups is 1. The average molecular weight is 625 g/mol. The van der Waals surface area contributed by atoms with Crippen LogP contribution in [0.25, 0.3) is 11.1 Å². The summed E-state index contributed by atoms with van der Waals surface area (Å²) in [6.07, 6.45) is 4.01. The number of nitrogens with zero attached hydrogens (tertiary/aromatic N) is 1. The quantitative estimate of drug-likeness (QED) is 0.263. The Hall–Kier alpha value is -3.18. The molecular weight excluding hydrogens is 585 g/mol. The Bertz CT molecular complexity index is 1510. The second-order valence-electron chi connectivity index (χ2n) is 11.2. The lowest BCUT2D eigenvalue weighted by molar-refractivity contribution is -0.139. The van der Waals surface area contributed by atoms with E-state index in [9.17, 15) is 23.1 Å². The van der Waals surface area contributed by atoms with E-state index < -0.39 is 27.8 Å². The number of sulfone groups is 1. The van der Waals surface area contributed by atoms with Crippen LogP contribution in [0.4, 0.5) is 0 Å². The van der Waals surface area contributed by atoms with Crippen LogP contribution < -0.4 is 5.32 Å². The van der Waals surface area contributed by atoms with Crippen LogP contribution in [-0.4, -0.2) is 79.1 Å². The molecule has 0 spiro atoms. The number of likely N-dealkylation sites (tertiary alicyclic amines) is 1. The lowest BCUT2D eigenvalue weighted by Crippen LogP contribution is -2.42. The number of carboxylic acids is 1. The smallest absolute Gasteiger partial charge is 0.326 e. The Morgan fingerprint density at radius 2 is 1.77 bits per heavy atom. The SMILES string of the molecule is CSC1C[C@@H](COCc2ccccc2)N(Cc2ccc(C(=O)NC(CCS(C)(=O)=O)C(=O)O)c(-c3ccccc3C)c2)C1. The van der Waals surface area contributed by atoms with Gasteiger partial charge in [-0.15, -0.1) is 0 Å². The maximum Gasteiger partial charge on any atom is 0.326 e. The molecule has 0 aromatic heterocycles. The normalized spacial score (nSPS) is 17.9. The first-order valence-corrected chi connectivity index (χ1v) is 17.7. The summed E-state index contributed by atoms with van der Waals surface area (Å²) in [5, 5.41) is 12.7. The molecule has 3 aromatic rings. The fourth-order valence-corrected chi connectivity index (χ4v) is 6.83. The second kappa shape index (κ2) is 15.0. The molecule has 0 bridgehead atoms. The van der Waals surface area contributed by atoms with E-state index in [2.05, 4.69) is 28.6 Å². The van der Waals surface area contributed by atoms with Crippen molar-refractivity contribution in [3.63, 3.8) is 0 Å². The van der Waals surface area contributed by atoms with Crippen molar-refractivity contribution in [3.8, 4) is 11.1 Å². The highest BCUT2D eigenvalue weighted by Gasteiger charge is 2.32. The van der Waals surface area contributed by atoms with Crippen LogP contribution >= 0.6 is 11.8 Å². The summed E-state index contributed by atoms with van der Waals surface area (Å²) in [6, 6.07) is 22.5. The number of aryl methyl sites for hydroxylation is 1. The summed E-state index contributed by atoms with van der Waals surface area (Å²) in [5.74, 6) is -2.16. The van der Waals surface area contributed by atoms with Gasteiger partial charge in [-0.3, -0.25) is 9.69 Å². The van der Waals surface area contributed by atoms with E-state index in [1.165, 1.54) is 0 Å². The van der Waals surface area contributed by atoms with Crippen LogP contribution in [-0.2, 0) is 32.5 Å². The van der Waals surface area contributed by atoms with E-state index >= 15 is 0 Å². The minimum Gasteiger partial charge on any atom is -0.480 e. The first-order chi connectivity index (χ1) is 20.5. The Kier molecular flexibility index (Phi) is 11.4. The maximum atomic E-state index is 13.5. The van der Waals surface area contributed by atoms with Gasteiger partial charge in [0.25, 0.3) is 5.91 Å². The number of amides is 1. The molecule has 3 aromatic carbocycles. The number of carbonyl (C=O) groups is 2. The van der Waals surface area contributed by atoms with E-state index in [4.69, 9.17) is 4.74 Å². The van der Waals surface area contributed by atoms with Gasteiger partial charge in [-0.2, -0.15) is 11.8 Å². The molecule has 1 aliphatic rings. The van der Waals surface area contributed by atoms with Crippen molar-refractivity contribution in [2.45, 2.75) is 50.3 Å². The van der Waals surface area contributed by atoms with Crippen molar-refractivity contribution in [3.05, 3.63) is 95.1 Å². The number of aliphatic carboxylic acids is 1. The number of rotatable bonds is 14. The number of hydrogen-bond acceptors (Lipinski definition) is 7. The monoisotopic (exact) mass is 624 g/mol. The third kappa shape index (κ3) is 9.40. The van der Waals surface area contributed by atoms with Crippen LogP contribution in [0, 0.1) is 6.92 Å². The molecule has 0 aliphatic carbocycles. The first kappa shape index (κ1) is 32.7. The molecule has 0 radical (unpaired) electrons. The van der Waals surface area contributed by atoms with Gasteiger partial charge in [0.2, 0.25) is 0 Å². The molecule has 1 fully saturated rings. The first-order valence-electron chi connectivity index (χ1n) is 14.3. The van der Waals surface area contributed by atoms with E-state index in [1.807, 2.05) is 73.3 Å². The van der Waals surface area contributed by atoms with Crippen molar-refractivity contribution in [1.82, 2.24) is 10.2 Å². The molecule has 1 saturated heterocycles. The standard InChI is InChI=1S/C33H40N2O6S2/c1-23-9-7-8-12-28(23)30-17-25(13-14-29(30)32(36)34-31(33(37)38)15-16-43(3,39)40)19-35-20-27(42-2)18-26(35)22-41-21-24-10-5-4-6-11-24/h4-14,17,26-27,31H,15-16,18-22H2,1-3H3,(H,34,36)(H,37,38)/t26-,27?,31?/m0/s1. The fourth-order valence-electron chi connectivity index (χ4n) is 5.41. The molecule has 2 unspecified atom stereocenters. The van der Waals surface area contributed by atoms with Gasteiger partial charge in [0.05, 0.1) is 19.0 Å². The van der Waals surface area contributed by atoms with E-state index in [0.717, 1.165) is 41.5 Å². The van der Waals surface area contributed by atoms with E-state index in [1.54, 1.807) is 6.07 Å². The van der Waals surface area contributed by atoms with Crippen LogP contribution in [0.1, 0.15) is 39.9 Å². The second-order valence-corrected chi connectivity index (χ2v) is 14.6. The van der Waals surface area contributed by atoms with Crippen LogP contribution in [0.2, 0.25) is 0 Å². The molecule has 1 heterocycles. The summed E-state index contributed by atoms with van der Waals surface area (Å²) in [5.41, 5.74) is 5.09. The predicted molar refractivity (Wildman–Crippen MR) is 172 cm³/mol. The minimum atomic E-state index is -3.39. The number of hydrogen-bond donors (Lipinski definition) is 2. The molecule has 10 heteroatoms. The summed E-state index contributed by atoms with van der Waals surface area (Å²) in [4.78, 5) is 27.8. The molecule has 4 rings (SSSR count). The van der Waals surface area contributed by atoms with Gasteiger partial charge >= 0.3 is 5.97 Å². The zero-order valence-corrected chi connectivity index (χ0v) is 26.5. The molecule has 8 nitrogen and oxygen atoms in total. The van der Waals surface area contributed by atoms with Gasteiger partial charge in [0.15, 0.2) is 0 Å².